The number of hydrogen-bond acceptors (Lipinski definition) is 4. The second kappa shape index (κ2) is 4.95. The molecule has 2 N–H and O–H groups in total. The average molecular weight is 254 g/mol. The van der Waals surface area contributed by atoms with Crippen molar-refractivity contribution in [2.45, 2.75) is 22.2 Å². The third kappa shape index (κ3) is 2.61. The van der Waals surface area contributed by atoms with E-state index in [0.29, 0.717) is 0 Å². The van der Waals surface area contributed by atoms with Gasteiger partial charge in [0.2, 0.25) is 0 Å². The molecule has 5 heteroatoms. The quantitative estimate of drug-likeness (QED) is 0.911. The topological polar surface area (TPSA) is 38.9 Å². The van der Waals surface area contributed by atoms with Gasteiger partial charge in [-0.25, -0.2) is 9.37 Å². The summed E-state index contributed by atoms with van der Waals surface area (Å²) in [5.74, 6) is -0.254. The van der Waals surface area contributed by atoms with Crippen molar-refractivity contribution in [3.63, 3.8) is 0 Å². The molecule has 0 aliphatic heterocycles. The Balaban J connectivity index is 2.33. The molecule has 2 nitrogen and oxygen atoms in total. The number of halogens is 1. The molecule has 16 heavy (non-hydrogen) atoms. The molecule has 0 amide bonds. The molecule has 0 bridgehead atoms. The second-order valence-corrected chi connectivity index (χ2v) is 5.55. The number of aromatic nitrogens is 1. The van der Waals surface area contributed by atoms with Gasteiger partial charge in [0.1, 0.15) is 5.82 Å². The number of rotatable bonds is 3. The summed E-state index contributed by atoms with van der Waals surface area (Å²) in [4.78, 5) is 5.15. The lowest BCUT2D eigenvalue weighted by atomic mass is 10.1. The van der Waals surface area contributed by atoms with Crippen LogP contribution in [0.2, 0.25) is 0 Å². The molecule has 2 rings (SSSR count). The van der Waals surface area contributed by atoms with Gasteiger partial charge >= 0.3 is 0 Å². The summed E-state index contributed by atoms with van der Waals surface area (Å²) in [7, 11) is 0. The van der Waals surface area contributed by atoms with E-state index >= 15 is 0 Å². The van der Waals surface area contributed by atoms with E-state index in [-0.39, 0.29) is 11.9 Å². The summed E-state index contributed by atoms with van der Waals surface area (Å²) in [6.45, 7) is 1.85. The first-order chi connectivity index (χ1) is 7.66. The monoisotopic (exact) mass is 254 g/mol. The molecule has 0 spiro atoms. The molecule has 0 unspecified atom stereocenters. The molecule has 1 atom stereocenters. The standard InChI is InChI=1S/C11H11FN2S2/c1-7(13)9-6-8(12)2-3-10(9)16-11-14-4-5-15-11/h2-7H,13H2,1H3/t7-/m0/s1. The van der Waals surface area contributed by atoms with Crippen molar-refractivity contribution in [1.29, 1.82) is 0 Å². The predicted octanol–water partition coefficient (Wildman–Crippen LogP) is 3.45. The van der Waals surface area contributed by atoms with Crippen molar-refractivity contribution in [2.75, 3.05) is 0 Å². The van der Waals surface area contributed by atoms with Crippen LogP contribution in [0.1, 0.15) is 18.5 Å². The predicted molar refractivity (Wildman–Crippen MR) is 65.2 cm³/mol. The number of thiazole rings is 1. The first kappa shape index (κ1) is 11.6. The van der Waals surface area contributed by atoms with Gasteiger partial charge in [0.15, 0.2) is 4.34 Å². The van der Waals surface area contributed by atoms with E-state index in [9.17, 15) is 4.39 Å². The molecule has 0 saturated heterocycles. The van der Waals surface area contributed by atoms with Crippen molar-refractivity contribution in [3.05, 3.63) is 41.2 Å². The van der Waals surface area contributed by atoms with Crippen LogP contribution in [0.4, 0.5) is 4.39 Å². The third-order valence-electron chi connectivity index (χ3n) is 2.07. The van der Waals surface area contributed by atoms with Gasteiger partial charge in [0.25, 0.3) is 0 Å². The lowest BCUT2D eigenvalue weighted by molar-refractivity contribution is 0.619. The van der Waals surface area contributed by atoms with Gasteiger partial charge in [-0.15, -0.1) is 11.3 Å². The summed E-state index contributed by atoms with van der Waals surface area (Å²) in [6, 6.07) is 4.50. The molecule has 0 aliphatic carbocycles. The van der Waals surface area contributed by atoms with Crippen molar-refractivity contribution >= 4 is 23.1 Å². The van der Waals surface area contributed by atoms with Crippen molar-refractivity contribution in [3.8, 4) is 0 Å². The van der Waals surface area contributed by atoms with Gasteiger partial charge in [0.05, 0.1) is 0 Å². The van der Waals surface area contributed by atoms with Gasteiger partial charge in [-0.3, -0.25) is 0 Å². The summed E-state index contributed by atoms with van der Waals surface area (Å²) in [6.07, 6.45) is 1.75. The Kier molecular flexibility index (Phi) is 3.58. The van der Waals surface area contributed by atoms with Crippen LogP contribution in [-0.2, 0) is 0 Å². The lowest BCUT2D eigenvalue weighted by Gasteiger charge is -2.11. The second-order valence-electron chi connectivity index (χ2n) is 3.37. The molecular formula is C11H11FN2S2. The first-order valence-electron chi connectivity index (χ1n) is 4.79. The van der Waals surface area contributed by atoms with E-state index in [4.69, 9.17) is 5.73 Å². The van der Waals surface area contributed by atoms with Gasteiger partial charge in [-0.05, 0) is 30.7 Å². The largest absolute Gasteiger partial charge is 0.324 e. The molecule has 1 heterocycles. The maximum atomic E-state index is 13.1. The zero-order valence-electron chi connectivity index (χ0n) is 8.68. The van der Waals surface area contributed by atoms with Gasteiger partial charge in [-0.2, -0.15) is 0 Å². The highest BCUT2D eigenvalue weighted by molar-refractivity contribution is 8.01. The van der Waals surface area contributed by atoms with E-state index in [0.717, 1.165) is 14.8 Å². The number of hydrogen-bond donors (Lipinski definition) is 1. The van der Waals surface area contributed by atoms with Crippen molar-refractivity contribution in [1.82, 2.24) is 4.98 Å². The Labute approximate surface area is 102 Å². The van der Waals surface area contributed by atoms with Crippen LogP contribution in [0, 0.1) is 5.82 Å². The van der Waals surface area contributed by atoms with Crippen LogP contribution in [0.5, 0.6) is 0 Å². The normalized spacial score (nSPS) is 12.7. The van der Waals surface area contributed by atoms with E-state index in [1.54, 1.807) is 23.6 Å². The SMILES string of the molecule is C[C@H](N)c1cc(F)ccc1Sc1nccs1. The highest BCUT2D eigenvalue weighted by Crippen LogP contribution is 2.34. The molecule has 1 aromatic carbocycles. The summed E-state index contributed by atoms with van der Waals surface area (Å²) < 4.78 is 14.0. The minimum absolute atomic E-state index is 0.182. The van der Waals surface area contributed by atoms with Gasteiger partial charge < -0.3 is 5.73 Å². The minimum Gasteiger partial charge on any atom is -0.324 e. The molecular weight excluding hydrogens is 243 g/mol. The van der Waals surface area contributed by atoms with Gasteiger partial charge in [0, 0.05) is 22.5 Å². The molecule has 84 valence electrons. The maximum absolute atomic E-state index is 13.1. The van der Waals surface area contributed by atoms with Gasteiger partial charge in [-0.1, -0.05) is 11.8 Å². The molecule has 0 fully saturated rings. The van der Waals surface area contributed by atoms with Crippen LogP contribution in [-0.4, -0.2) is 4.98 Å². The Bertz CT molecular complexity index is 469. The molecule has 0 aliphatic rings. The maximum Gasteiger partial charge on any atom is 0.154 e. The third-order valence-corrected chi connectivity index (χ3v) is 4.04. The van der Waals surface area contributed by atoms with Crippen LogP contribution in [0.25, 0.3) is 0 Å². The molecule has 2 aromatic rings. The van der Waals surface area contributed by atoms with Crippen LogP contribution in [0.3, 0.4) is 0 Å². The van der Waals surface area contributed by atoms with E-state index in [1.165, 1.54) is 23.9 Å². The van der Waals surface area contributed by atoms with Crippen molar-refractivity contribution < 1.29 is 4.39 Å². The zero-order chi connectivity index (χ0) is 11.5. The van der Waals surface area contributed by atoms with E-state index in [1.807, 2.05) is 12.3 Å². The number of benzene rings is 1. The summed E-state index contributed by atoms with van der Waals surface area (Å²) >= 11 is 3.08. The van der Waals surface area contributed by atoms with Crippen LogP contribution in [0.15, 0.2) is 39.0 Å². The van der Waals surface area contributed by atoms with Crippen LogP contribution < -0.4 is 5.73 Å². The minimum atomic E-state index is -0.254. The van der Waals surface area contributed by atoms with Crippen molar-refractivity contribution in [2.24, 2.45) is 5.73 Å². The zero-order valence-corrected chi connectivity index (χ0v) is 10.3. The Hall–Kier alpha value is -0.910. The van der Waals surface area contributed by atoms with E-state index < -0.39 is 0 Å². The van der Waals surface area contributed by atoms with Crippen LogP contribution >= 0.6 is 23.1 Å². The fraction of sp³-hybridized carbons (Fsp3) is 0.182. The molecule has 1 aromatic heterocycles. The lowest BCUT2D eigenvalue weighted by Crippen LogP contribution is -2.06. The highest BCUT2D eigenvalue weighted by Gasteiger charge is 2.10. The summed E-state index contributed by atoms with van der Waals surface area (Å²) in [5, 5.41) is 1.91. The number of nitrogens with zero attached hydrogens (tertiary/aromatic N) is 1. The highest BCUT2D eigenvalue weighted by atomic mass is 32.2. The first-order valence-corrected chi connectivity index (χ1v) is 6.49. The Morgan fingerprint density at radius 3 is 2.94 bits per heavy atom. The Morgan fingerprint density at radius 2 is 2.31 bits per heavy atom. The van der Waals surface area contributed by atoms with E-state index in [2.05, 4.69) is 4.98 Å². The molecule has 0 saturated carbocycles. The summed E-state index contributed by atoms with van der Waals surface area (Å²) in [5.41, 5.74) is 6.63. The number of nitrogens with two attached hydrogens (primary N) is 1. The smallest absolute Gasteiger partial charge is 0.154 e. The Morgan fingerprint density at radius 1 is 1.50 bits per heavy atom. The fourth-order valence-electron chi connectivity index (χ4n) is 1.32. The fourth-order valence-corrected chi connectivity index (χ4v) is 3.11. The molecule has 0 radical (unpaired) electrons. The average Bonchev–Trinajstić information content (AvgIpc) is 2.73.